The minimum atomic E-state index is -0.274. The molecule has 0 saturated heterocycles. The van der Waals surface area contributed by atoms with E-state index in [1.807, 2.05) is 18.2 Å². The van der Waals surface area contributed by atoms with Crippen molar-refractivity contribution in [3.8, 4) is 0 Å². The topological polar surface area (TPSA) is 67.2 Å². The highest BCUT2D eigenvalue weighted by Crippen LogP contribution is 2.38. The molecule has 0 radical (unpaired) electrons. The lowest BCUT2D eigenvalue weighted by Crippen LogP contribution is -2.45. The number of benzene rings is 1. The molecule has 5 nitrogen and oxygen atoms in total. The number of aromatic nitrogens is 1. The molecule has 3 rings (SSSR count). The van der Waals surface area contributed by atoms with Crippen LogP contribution < -0.4 is 10.6 Å². The first-order valence-corrected chi connectivity index (χ1v) is 7.26. The Hall–Kier alpha value is -2.30. The summed E-state index contributed by atoms with van der Waals surface area (Å²) in [4.78, 5) is 12.3. The van der Waals surface area contributed by atoms with Crippen molar-refractivity contribution < 1.29 is 9.32 Å². The molecule has 1 aliphatic carbocycles. The molecule has 2 amide bonds. The Balaban J connectivity index is 1.75. The van der Waals surface area contributed by atoms with Crippen LogP contribution in [0.4, 0.5) is 10.6 Å². The van der Waals surface area contributed by atoms with Crippen LogP contribution in [0.5, 0.6) is 0 Å². The summed E-state index contributed by atoms with van der Waals surface area (Å²) in [5, 5.41) is 9.64. The van der Waals surface area contributed by atoms with Crippen molar-refractivity contribution in [1.29, 1.82) is 0 Å². The SMILES string of the molecule is Cc1cc(NC(=O)NC2(c3ccccc3)CCCC2)no1. The maximum Gasteiger partial charge on any atom is 0.321 e. The lowest BCUT2D eigenvalue weighted by Gasteiger charge is -2.30. The molecule has 0 atom stereocenters. The van der Waals surface area contributed by atoms with Crippen LogP contribution in [0.3, 0.4) is 0 Å². The number of rotatable bonds is 3. The molecule has 21 heavy (non-hydrogen) atoms. The minimum Gasteiger partial charge on any atom is -0.360 e. The molecule has 1 saturated carbocycles. The molecule has 2 N–H and O–H groups in total. The quantitative estimate of drug-likeness (QED) is 0.905. The van der Waals surface area contributed by atoms with Crippen molar-refractivity contribution in [3.05, 3.63) is 47.7 Å². The standard InChI is InChI=1S/C16H19N3O2/c1-12-11-14(19-21-12)17-15(20)18-16(9-5-6-10-16)13-7-3-2-4-8-13/h2-4,7-8,11H,5-6,9-10H2,1H3,(H2,17,18,19,20). The average Bonchev–Trinajstić information content (AvgIpc) is 3.10. The van der Waals surface area contributed by atoms with Crippen LogP contribution in [0.25, 0.3) is 0 Å². The molecule has 0 spiro atoms. The van der Waals surface area contributed by atoms with E-state index in [9.17, 15) is 4.79 Å². The van der Waals surface area contributed by atoms with E-state index in [2.05, 4.69) is 27.9 Å². The number of urea groups is 1. The van der Waals surface area contributed by atoms with E-state index in [1.54, 1.807) is 13.0 Å². The molecule has 1 fully saturated rings. The van der Waals surface area contributed by atoms with Gasteiger partial charge in [0, 0.05) is 6.07 Å². The van der Waals surface area contributed by atoms with Gasteiger partial charge in [-0.2, -0.15) is 0 Å². The van der Waals surface area contributed by atoms with Gasteiger partial charge in [-0.25, -0.2) is 4.79 Å². The fourth-order valence-electron chi connectivity index (χ4n) is 3.01. The summed E-state index contributed by atoms with van der Waals surface area (Å²) < 4.78 is 4.95. The molecule has 0 bridgehead atoms. The zero-order valence-electron chi connectivity index (χ0n) is 12.1. The monoisotopic (exact) mass is 285 g/mol. The Kier molecular flexibility index (Phi) is 3.64. The van der Waals surface area contributed by atoms with Crippen LogP contribution in [-0.4, -0.2) is 11.2 Å². The lowest BCUT2D eigenvalue weighted by molar-refractivity contribution is 0.236. The molecule has 2 aromatic rings. The van der Waals surface area contributed by atoms with E-state index in [4.69, 9.17) is 4.52 Å². The van der Waals surface area contributed by atoms with Crippen LogP contribution in [0.2, 0.25) is 0 Å². The largest absolute Gasteiger partial charge is 0.360 e. The third kappa shape index (κ3) is 2.91. The molecular formula is C16H19N3O2. The zero-order chi connectivity index (χ0) is 14.7. The summed E-state index contributed by atoms with van der Waals surface area (Å²) >= 11 is 0. The summed E-state index contributed by atoms with van der Waals surface area (Å²) in [7, 11) is 0. The third-order valence-corrected chi connectivity index (χ3v) is 4.01. The first kappa shape index (κ1) is 13.7. The molecule has 5 heteroatoms. The Labute approximate surface area is 123 Å². The Morgan fingerprint density at radius 2 is 1.95 bits per heavy atom. The van der Waals surface area contributed by atoms with E-state index >= 15 is 0 Å². The molecule has 0 unspecified atom stereocenters. The molecule has 1 aromatic carbocycles. The summed E-state index contributed by atoms with van der Waals surface area (Å²) in [5.41, 5.74) is 0.887. The van der Waals surface area contributed by atoms with E-state index in [0.717, 1.165) is 31.2 Å². The van der Waals surface area contributed by atoms with Crippen LogP contribution >= 0.6 is 0 Å². The summed E-state index contributed by atoms with van der Waals surface area (Å²) in [6.45, 7) is 1.79. The van der Waals surface area contributed by atoms with Crippen molar-refractivity contribution in [2.45, 2.75) is 38.1 Å². The Bertz CT molecular complexity index is 615. The van der Waals surface area contributed by atoms with Gasteiger partial charge in [-0.3, -0.25) is 5.32 Å². The Morgan fingerprint density at radius 3 is 2.57 bits per heavy atom. The van der Waals surface area contributed by atoms with E-state index in [-0.39, 0.29) is 11.6 Å². The summed E-state index contributed by atoms with van der Waals surface area (Å²) in [6, 6.07) is 11.6. The fraction of sp³-hybridized carbons (Fsp3) is 0.375. The van der Waals surface area contributed by atoms with Gasteiger partial charge in [-0.1, -0.05) is 48.3 Å². The highest BCUT2D eigenvalue weighted by Gasteiger charge is 2.37. The Morgan fingerprint density at radius 1 is 1.24 bits per heavy atom. The number of hydrogen-bond donors (Lipinski definition) is 2. The molecule has 1 aliphatic rings. The van der Waals surface area contributed by atoms with Gasteiger partial charge < -0.3 is 9.84 Å². The maximum absolute atomic E-state index is 12.3. The number of nitrogens with one attached hydrogen (secondary N) is 2. The number of carbonyl (C=O) groups excluding carboxylic acids is 1. The van der Waals surface area contributed by atoms with Gasteiger partial charge in [0.15, 0.2) is 5.82 Å². The van der Waals surface area contributed by atoms with Crippen LogP contribution in [0.15, 0.2) is 40.9 Å². The van der Waals surface area contributed by atoms with Crippen molar-refractivity contribution in [2.24, 2.45) is 0 Å². The molecule has 1 heterocycles. The minimum absolute atomic E-state index is 0.242. The van der Waals surface area contributed by atoms with Gasteiger partial charge in [0.05, 0.1) is 5.54 Å². The molecular weight excluding hydrogens is 266 g/mol. The number of hydrogen-bond acceptors (Lipinski definition) is 3. The normalized spacial score (nSPS) is 16.6. The van der Waals surface area contributed by atoms with E-state index < -0.39 is 0 Å². The van der Waals surface area contributed by atoms with E-state index in [0.29, 0.717) is 11.6 Å². The predicted octanol–water partition coefficient (Wildman–Crippen LogP) is 3.57. The average molecular weight is 285 g/mol. The number of carbonyl (C=O) groups is 1. The molecule has 0 aliphatic heterocycles. The summed E-state index contributed by atoms with van der Waals surface area (Å²) in [5.74, 6) is 1.11. The smallest absolute Gasteiger partial charge is 0.321 e. The maximum atomic E-state index is 12.3. The lowest BCUT2D eigenvalue weighted by atomic mass is 9.88. The number of anilines is 1. The van der Waals surface area contributed by atoms with Crippen LogP contribution in [0.1, 0.15) is 37.0 Å². The van der Waals surface area contributed by atoms with Gasteiger partial charge >= 0.3 is 6.03 Å². The van der Waals surface area contributed by atoms with Crippen molar-refractivity contribution >= 4 is 11.8 Å². The number of aryl methyl sites for hydroxylation is 1. The van der Waals surface area contributed by atoms with Gasteiger partial charge in [0.1, 0.15) is 5.76 Å². The first-order chi connectivity index (χ1) is 10.2. The number of nitrogens with zero attached hydrogens (tertiary/aromatic N) is 1. The van der Waals surface area contributed by atoms with E-state index in [1.165, 1.54) is 0 Å². The second kappa shape index (κ2) is 5.60. The second-order valence-electron chi connectivity index (χ2n) is 5.56. The second-order valence-corrected chi connectivity index (χ2v) is 5.56. The van der Waals surface area contributed by atoms with Gasteiger partial charge in [0.2, 0.25) is 0 Å². The first-order valence-electron chi connectivity index (χ1n) is 7.26. The van der Waals surface area contributed by atoms with Gasteiger partial charge in [0.25, 0.3) is 0 Å². The molecule has 1 aromatic heterocycles. The zero-order valence-corrected chi connectivity index (χ0v) is 12.1. The highest BCUT2D eigenvalue weighted by atomic mass is 16.5. The highest BCUT2D eigenvalue weighted by molar-refractivity contribution is 5.88. The fourth-order valence-corrected chi connectivity index (χ4v) is 3.01. The van der Waals surface area contributed by atoms with Gasteiger partial charge in [-0.15, -0.1) is 0 Å². The predicted molar refractivity (Wildman–Crippen MR) is 80.0 cm³/mol. The third-order valence-electron chi connectivity index (χ3n) is 4.01. The van der Waals surface area contributed by atoms with Crippen molar-refractivity contribution in [3.63, 3.8) is 0 Å². The van der Waals surface area contributed by atoms with Crippen molar-refractivity contribution in [2.75, 3.05) is 5.32 Å². The van der Waals surface area contributed by atoms with Crippen molar-refractivity contribution in [1.82, 2.24) is 10.5 Å². The number of amides is 2. The van der Waals surface area contributed by atoms with Gasteiger partial charge in [-0.05, 0) is 25.3 Å². The van der Waals surface area contributed by atoms with Crippen LogP contribution in [0, 0.1) is 6.92 Å². The molecule has 110 valence electrons. The summed E-state index contributed by atoms with van der Waals surface area (Å²) in [6.07, 6.45) is 4.17. The van der Waals surface area contributed by atoms with Crippen LogP contribution in [-0.2, 0) is 5.54 Å².